The Bertz CT molecular complexity index is 707. The number of piperidine rings is 1. The third-order valence-electron chi connectivity index (χ3n) is 5.39. The van der Waals surface area contributed by atoms with Gasteiger partial charge in [0.25, 0.3) is 0 Å². The number of likely N-dealkylation sites (tertiary alicyclic amines) is 1. The Kier molecular flexibility index (Phi) is 6.78. The van der Waals surface area contributed by atoms with Gasteiger partial charge in [-0.25, -0.2) is 0 Å². The molecule has 7 heteroatoms. The molecular formula is C21H31N3O4. The molecule has 2 aliphatic heterocycles. The minimum atomic E-state index is -0.280. The molecule has 28 heavy (non-hydrogen) atoms. The fourth-order valence-corrected chi connectivity index (χ4v) is 3.86. The molecule has 3 N–H and O–H groups in total. The Labute approximate surface area is 166 Å². The van der Waals surface area contributed by atoms with Crippen LogP contribution in [0.5, 0.6) is 11.5 Å². The van der Waals surface area contributed by atoms with E-state index in [1.54, 1.807) is 0 Å². The van der Waals surface area contributed by atoms with Gasteiger partial charge in [0.2, 0.25) is 11.8 Å². The normalized spacial score (nSPS) is 21.0. The van der Waals surface area contributed by atoms with Gasteiger partial charge in [0.05, 0.1) is 31.7 Å². The second-order valence-electron chi connectivity index (χ2n) is 8.02. The van der Waals surface area contributed by atoms with Gasteiger partial charge in [-0.1, -0.05) is 19.9 Å². The summed E-state index contributed by atoms with van der Waals surface area (Å²) in [5, 5.41) is 3.15. The maximum atomic E-state index is 12.7. The maximum Gasteiger partial charge on any atom is 0.234 e. The van der Waals surface area contributed by atoms with Gasteiger partial charge in [-0.15, -0.1) is 0 Å². The second kappa shape index (κ2) is 9.28. The highest BCUT2D eigenvalue weighted by molar-refractivity contribution is 5.79. The molecular weight excluding hydrogens is 358 g/mol. The summed E-state index contributed by atoms with van der Waals surface area (Å²) in [6.45, 7) is 7.09. The number of primary amides is 1. The molecule has 2 aliphatic rings. The lowest BCUT2D eigenvalue weighted by atomic mass is 9.95. The van der Waals surface area contributed by atoms with E-state index in [0.717, 1.165) is 42.9 Å². The molecule has 0 spiro atoms. The Hall–Kier alpha value is -2.28. The van der Waals surface area contributed by atoms with E-state index in [9.17, 15) is 9.59 Å². The van der Waals surface area contributed by atoms with Crippen molar-refractivity contribution in [1.29, 1.82) is 0 Å². The minimum Gasteiger partial charge on any atom is -0.490 e. The lowest BCUT2D eigenvalue weighted by molar-refractivity contribution is -0.127. The van der Waals surface area contributed by atoms with E-state index in [4.69, 9.17) is 15.2 Å². The Morgan fingerprint density at radius 1 is 1.21 bits per heavy atom. The Balaban J connectivity index is 1.65. The van der Waals surface area contributed by atoms with Crippen LogP contribution in [0.25, 0.3) is 0 Å². The number of carbonyl (C=O) groups excluding carboxylic acids is 2. The molecule has 3 rings (SSSR count). The van der Waals surface area contributed by atoms with Gasteiger partial charge >= 0.3 is 0 Å². The van der Waals surface area contributed by atoms with E-state index in [0.29, 0.717) is 19.8 Å². The van der Waals surface area contributed by atoms with Crippen molar-refractivity contribution in [2.75, 3.05) is 32.8 Å². The predicted molar refractivity (Wildman–Crippen MR) is 106 cm³/mol. The largest absolute Gasteiger partial charge is 0.490 e. The Morgan fingerprint density at radius 2 is 1.96 bits per heavy atom. The highest BCUT2D eigenvalue weighted by Gasteiger charge is 2.27. The molecule has 0 saturated carbocycles. The molecule has 0 unspecified atom stereocenters. The van der Waals surface area contributed by atoms with Gasteiger partial charge in [-0.3, -0.25) is 14.5 Å². The number of nitrogens with two attached hydrogens (primary N) is 1. The van der Waals surface area contributed by atoms with E-state index >= 15 is 0 Å². The van der Waals surface area contributed by atoms with Gasteiger partial charge in [-0.2, -0.15) is 0 Å². The van der Waals surface area contributed by atoms with Crippen LogP contribution in [0.15, 0.2) is 18.2 Å². The van der Waals surface area contributed by atoms with Crippen molar-refractivity contribution in [1.82, 2.24) is 10.2 Å². The molecule has 7 nitrogen and oxygen atoms in total. The van der Waals surface area contributed by atoms with Crippen molar-refractivity contribution in [3.05, 3.63) is 23.8 Å². The lowest BCUT2D eigenvalue weighted by Gasteiger charge is -2.31. The molecule has 1 aromatic rings. The summed E-state index contributed by atoms with van der Waals surface area (Å²) in [5.74, 6) is 1.21. The summed E-state index contributed by atoms with van der Waals surface area (Å²) in [4.78, 5) is 26.2. The van der Waals surface area contributed by atoms with Gasteiger partial charge < -0.3 is 20.5 Å². The smallest absolute Gasteiger partial charge is 0.234 e. The van der Waals surface area contributed by atoms with Crippen LogP contribution in [-0.2, 0) is 9.59 Å². The number of carbonyl (C=O) groups is 2. The molecule has 0 aromatic heterocycles. The Morgan fingerprint density at radius 3 is 2.68 bits per heavy atom. The number of ether oxygens (including phenoxy) is 2. The molecule has 0 bridgehead atoms. The van der Waals surface area contributed by atoms with Crippen LogP contribution >= 0.6 is 0 Å². The minimum absolute atomic E-state index is 0.0454. The molecule has 0 aliphatic carbocycles. The van der Waals surface area contributed by atoms with Crippen LogP contribution in [-0.4, -0.2) is 49.6 Å². The van der Waals surface area contributed by atoms with E-state index in [-0.39, 0.29) is 36.2 Å². The van der Waals surface area contributed by atoms with Crippen molar-refractivity contribution in [2.24, 2.45) is 17.6 Å². The molecule has 0 radical (unpaired) electrons. The second-order valence-corrected chi connectivity index (χ2v) is 8.02. The first kappa shape index (κ1) is 20.5. The quantitative estimate of drug-likeness (QED) is 0.775. The average molecular weight is 389 g/mol. The standard InChI is InChI=1S/C21H31N3O4/c1-14(2)20(15-6-7-17-18(11-15)28-10-4-9-27-17)23-19(25)13-24-8-3-5-16(12-24)21(22)26/h6-7,11,14,16,20H,3-5,8-10,12-13H2,1-2H3,(H2,22,26)(H,23,25)/t16-,20+/m0/s1. The molecule has 1 aromatic carbocycles. The number of hydrogen-bond donors (Lipinski definition) is 2. The molecule has 1 fully saturated rings. The van der Waals surface area contributed by atoms with Crippen molar-refractivity contribution in [3.8, 4) is 11.5 Å². The van der Waals surface area contributed by atoms with Crippen LogP contribution in [0.2, 0.25) is 0 Å². The highest BCUT2D eigenvalue weighted by atomic mass is 16.5. The molecule has 2 heterocycles. The molecule has 2 amide bonds. The number of nitrogens with one attached hydrogen (secondary N) is 1. The van der Waals surface area contributed by atoms with Crippen molar-refractivity contribution in [3.63, 3.8) is 0 Å². The van der Waals surface area contributed by atoms with Crippen molar-refractivity contribution >= 4 is 11.8 Å². The predicted octanol–water partition coefficient (Wildman–Crippen LogP) is 1.86. The number of amides is 2. The first-order chi connectivity index (χ1) is 13.4. The van der Waals surface area contributed by atoms with Crippen LogP contribution in [0.4, 0.5) is 0 Å². The fourth-order valence-electron chi connectivity index (χ4n) is 3.86. The van der Waals surface area contributed by atoms with Gasteiger partial charge in [0.15, 0.2) is 11.5 Å². The van der Waals surface area contributed by atoms with E-state index in [1.165, 1.54) is 0 Å². The SMILES string of the molecule is CC(C)[C@@H](NC(=O)CN1CCC[C@H](C(N)=O)C1)c1ccc2c(c1)OCCCO2. The van der Waals surface area contributed by atoms with E-state index < -0.39 is 0 Å². The summed E-state index contributed by atoms with van der Waals surface area (Å²) in [7, 11) is 0. The summed E-state index contributed by atoms with van der Waals surface area (Å²) in [6, 6.07) is 5.75. The number of benzene rings is 1. The highest BCUT2D eigenvalue weighted by Crippen LogP contribution is 2.34. The van der Waals surface area contributed by atoms with Crippen LogP contribution in [0.3, 0.4) is 0 Å². The van der Waals surface area contributed by atoms with E-state index in [1.807, 2.05) is 23.1 Å². The number of fused-ring (bicyclic) bond motifs is 1. The topological polar surface area (TPSA) is 93.9 Å². The van der Waals surface area contributed by atoms with E-state index in [2.05, 4.69) is 19.2 Å². The average Bonchev–Trinajstić information content (AvgIpc) is 2.90. The number of rotatable bonds is 6. The van der Waals surface area contributed by atoms with Crippen molar-refractivity contribution in [2.45, 2.75) is 39.2 Å². The first-order valence-electron chi connectivity index (χ1n) is 10.1. The van der Waals surface area contributed by atoms with Crippen LogP contribution in [0, 0.1) is 11.8 Å². The van der Waals surface area contributed by atoms with Crippen molar-refractivity contribution < 1.29 is 19.1 Å². The first-order valence-corrected chi connectivity index (χ1v) is 10.1. The van der Waals surface area contributed by atoms with Gasteiger partial charge in [-0.05, 0) is 43.0 Å². The molecule has 1 saturated heterocycles. The summed E-state index contributed by atoms with van der Waals surface area (Å²) < 4.78 is 11.5. The van der Waals surface area contributed by atoms with Gasteiger partial charge in [0.1, 0.15) is 0 Å². The fraction of sp³-hybridized carbons (Fsp3) is 0.619. The number of hydrogen-bond acceptors (Lipinski definition) is 5. The van der Waals surface area contributed by atoms with Gasteiger partial charge in [0, 0.05) is 13.0 Å². The zero-order chi connectivity index (χ0) is 20.1. The molecule has 2 atom stereocenters. The zero-order valence-corrected chi connectivity index (χ0v) is 16.8. The molecule has 154 valence electrons. The number of nitrogens with zero attached hydrogens (tertiary/aromatic N) is 1. The van der Waals surface area contributed by atoms with Crippen LogP contribution in [0.1, 0.15) is 44.7 Å². The third-order valence-corrected chi connectivity index (χ3v) is 5.39. The zero-order valence-electron chi connectivity index (χ0n) is 16.8. The summed E-state index contributed by atoms with van der Waals surface area (Å²) >= 11 is 0. The summed E-state index contributed by atoms with van der Waals surface area (Å²) in [5.41, 5.74) is 6.44. The maximum absolute atomic E-state index is 12.7. The van der Waals surface area contributed by atoms with Crippen LogP contribution < -0.4 is 20.5 Å². The monoisotopic (exact) mass is 389 g/mol. The summed E-state index contributed by atoms with van der Waals surface area (Å²) in [6.07, 6.45) is 2.55. The lowest BCUT2D eigenvalue weighted by Crippen LogP contribution is -2.46. The third kappa shape index (κ3) is 5.16.